The molecule has 2 aromatic rings. The maximum atomic E-state index is 10.8. The van der Waals surface area contributed by atoms with Crippen molar-refractivity contribution in [3.63, 3.8) is 0 Å². The number of nitro groups is 1. The Hall–Kier alpha value is -1.84. The predicted octanol–water partition coefficient (Wildman–Crippen LogP) is 3.37. The zero-order valence-electron chi connectivity index (χ0n) is 9.57. The molecule has 2 rings (SSSR count). The first-order valence-corrected chi connectivity index (χ1v) is 5.15. The van der Waals surface area contributed by atoms with Gasteiger partial charge >= 0.3 is 0 Å². The summed E-state index contributed by atoms with van der Waals surface area (Å²) in [5.74, 6) is 0. The standard InChI is InChI=1S/C12H14N2O2/c1-12(2,3)8-4-5-10-9(6-8)11(7-13-10)14(15)16/h4-7,13H,1-3H3. The summed E-state index contributed by atoms with van der Waals surface area (Å²) >= 11 is 0. The van der Waals surface area contributed by atoms with E-state index in [1.165, 1.54) is 6.20 Å². The van der Waals surface area contributed by atoms with Crippen molar-refractivity contribution >= 4 is 16.6 Å². The SMILES string of the molecule is CC(C)(C)c1ccc2[nH]cc([N+](=O)[O-])c2c1. The molecule has 0 amide bonds. The molecule has 0 aliphatic heterocycles. The Labute approximate surface area is 93.4 Å². The van der Waals surface area contributed by atoms with Crippen molar-refractivity contribution < 1.29 is 4.92 Å². The van der Waals surface area contributed by atoms with E-state index in [0.717, 1.165) is 11.1 Å². The third kappa shape index (κ3) is 1.66. The molecule has 1 aromatic heterocycles. The number of nitrogens with one attached hydrogen (secondary N) is 1. The molecule has 0 spiro atoms. The first-order valence-electron chi connectivity index (χ1n) is 5.15. The van der Waals surface area contributed by atoms with Crippen LogP contribution < -0.4 is 0 Å². The summed E-state index contributed by atoms with van der Waals surface area (Å²) in [6.07, 6.45) is 1.44. The zero-order chi connectivity index (χ0) is 11.9. The number of rotatable bonds is 1. The molecular weight excluding hydrogens is 204 g/mol. The van der Waals surface area contributed by atoms with Crippen LogP contribution in [0.25, 0.3) is 10.9 Å². The second-order valence-electron chi connectivity index (χ2n) is 4.94. The van der Waals surface area contributed by atoms with E-state index in [9.17, 15) is 10.1 Å². The molecule has 0 aliphatic rings. The molecule has 1 aromatic carbocycles. The van der Waals surface area contributed by atoms with Crippen molar-refractivity contribution in [2.45, 2.75) is 26.2 Å². The molecule has 0 bridgehead atoms. The molecule has 84 valence electrons. The van der Waals surface area contributed by atoms with Crippen molar-refractivity contribution in [3.05, 3.63) is 40.1 Å². The minimum atomic E-state index is -0.356. The van der Waals surface area contributed by atoms with Crippen molar-refractivity contribution in [2.75, 3.05) is 0 Å². The topological polar surface area (TPSA) is 58.9 Å². The Kier molecular flexibility index (Phi) is 2.22. The molecule has 0 aliphatic carbocycles. The smallest absolute Gasteiger partial charge is 0.294 e. The lowest BCUT2D eigenvalue weighted by Gasteiger charge is -2.18. The number of hydrogen-bond acceptors (Lipinski definition) is 2. The Morgan fingerprint density at radius 3 is 2.56 bits per heavy atom. The van der Waals surface area contributed by atoms with E-state index in [1.807, 2.05) is 18.2 Å². The average Bonchev–Trinajstić information content (AvgIpc) is 2.58. The second kappa shape index (κ2) is 3.33. The Morgan fingerprint density at radius 1 is 1.31 bits per heavy atom. The molecule has 0 atom stereocenters. The molecule has 16 heavy (non-hydrogen) atoms. The number of H-pyrrole nitrogens is 1. The van der Waals surface area contributed by atoms with Gasteiger partial charge in [-0.05, 0) is 23.1 Å². The van der Waals surface area contributed by atoms with Crippen LogP contribution in [0.4, 0.5) is 5.69 Å². The highest BCUT2D eigenvalue weighted by molar-refractivity contribution is 5.89. The van der Waals surface area contributed by atoms with Crippen LogP contribution in [0.1, 0.15) is 26.3 Å². The van der Waals surface area contributed by atoms with E-state index in [-0.39, 0.29) is 16.0 Å². The Balaban J connectivity index is 2.68. The van der Waals surface area contributed by atoms with Crippen molar-refractivity contribution in [1.82, 2.24) is 4.98 Å². The minimum Gasteiger partial charge on any atom is -0.355 e. The molecular formula is C12H14N2O2. The highest BCUT2D eigenvalue weighted by Crippen LogP contribution is 2.30. The van der Waals surface area contributed by atoms with E-state index in [0.29, 0.717) is 5.39 Å². The van der Waals surface area contributed by atoms with E-state index >= 15 is 0 Å². The van der Waals surface area contributed by atoms with Gasteiger partial charge in [0.1, 0.15) is 0 Å². The first kappa shape index (κ1) is 10.7. The molecule has 0 unspecified atom stereocenters. The van der Waals surface area contributed by atoms with Crippen LogP contribution in [0.2, 0.25) is 0 Å². The third-order valence-corrected chi connectivity index (χ3v) is 2.72. The number of aromatic amines is 1. The predicted molar refractivity (Wildman–Crippen MR) is 63.7 cm³/mol. The summed E-state index contributed by atoms with van der Waals surface area (Å²) in [6, 6.07) is 5.79. The lowest BCUT2D eigenvalue weighted by atomic mass is 9.86. The van der Waals surface area contributed by atoms with Crippen molar-refractivity contribution in [1.29, 1.82) is 0 Å². The van der Waals surface area contributed by atoms with Crippen molar-refractivity contribution in [3.8, 4) is 0 Å². The van der Waals surface area contributed by atoms with Gasteiger partial charge in [-0.25, -0.2) is 0 Å². The van der Waals surface area contributed by atoms with Crippen LogP contribution >= 0.6 is 0 Å². The lowest BCUT2D eigenvalue weighted by Crippen LogP contribution is -2.10. The number of hydrogen-bond donors (Lipinski definition) is 1. The van der Waals surface area contributed by atoms with Gasteiger partial charge in [0.2, 0.25) is 0 Å². The molecule has 4 nitrogen and oxygen atoms in total. The summed E-state index contributed by atoms with van der Waals surface area (Å²) in [5, 5.41) is 11.5. The number of aromatic nitrogens is 1. The van der Waals surface area contributed by atoms with E-state index in [4.69, 9.17) is 0 Å². The van der Waals surface area contributed by atoms with E-state index in [1.54, 1.807) is 0 Å². The fourth-order valence-electron chi connectivity index (χ4n) is 1.72. The number of fused-ring (bicyclic) bond motifs is 1. The van der Waals surface area contributed by atoms with Gasteiger partial charge < -0.3 is 4.98 Å². The van der Waals surface area contributed by atoms with Crippen molar-refractivity contribution in [2.24, 2.45) is 0 Å². The van der Waals surface area contributed by atoms with Crippen LogP contribution in [0.3, 0.4) is 0 Å². The average molecular weight is 218 g/mol. The maximum Gasteiger partial charge on any atom is 0.294 e. The number of nitrogens with zero attached hydrogens (tertiary/aromatic N) is 1. The number of benzene rings is 1. The second-order valence-corrected chi connectivity index (χ2v) is 4.94. The van der Waals surface area contributed by atoms with E-state index < -0.39 is 0 Å². The van der Waals surface area contributed by atoms with Gasteiger partial charge in [0.15, 0.2) is 0 Å². The lowest BCUT2D eigenvalue weighted by molar-refractivity contribution is -0.383. The van der Waals surface area contributed by atoms with Gasteiger partial charge in [-0.15, -0.1) is 0 Å². The van der Waals surface area contributed by atoms with Crippen LogP contribution in [0, 0.1) is 10.1 Å². The minimum absolute atomic E-state index is 0.000666. The van der Waals surface area contributed by atoms with Gasteiger partial charge in [-0.2, -0.15) is 0 Å². The highest BCUT2D eigenvalue weighted by Gasteiger charge is 2.18. The third-order valence-electron chi connectivity index (χ3n) is 2.72. The molecule has 1 N–H and O–H groups in total. The molecule has 0 radical (unpaired) electrons. The normalized spacial score (nSPS) is 11.9. The fraction of sp³-hybridized carbons (Fsp3) is 0.333. The van der Waals surface area contributed by atoms with Crippen LogP contribution in [-0.4, -0.2) is 9.91 Å². The summed E-state index contributed by atoms with van der Waals surface area (Å²) in [7, 11) is 0. The zero-order valence-corrected chi connectivity index (χ0v) is 9.57. The maximum absolute atomic E-state index is 10.8. The quantitative estimate of drug-likeness (QED) is 0.589. The van der Waals surface area contributed by atoms with E-state index in [2.05, 4.69) is 25.8 Å². The molecule has 4 heteroatoms. The monoisotopic (exact) mass is 218 g/mol. The summed E-state index contributed by atoms with van der Waals surface area (Å²) < 4.78 is 0. The molecule has 0 fully saturated rings. The van der Waals surface area contributed by atoms with Crippen LogP contribution in [0.15, 0.2) is 24.4 Å². The van der Waals surface area contributed by atoms with Gasteiger partial charge in [0.05, 0.1) is 22.0 Å². The van der Waals surface area contributed by atoms with Crippen LogP contribution in [-0.2, 0) is 5.41 Å². The van der Waals surface area contributed by atoms with Gasteiger partial charge in [0.25, 0.3) is 5.69 Å². The molecule has 1 heterocycles. The molecule has 0 saturated heterocycles. The highest BCUT2D eigenvalue weighted by atomic mass is 16.6. The van der Waals surface area contributed by atoms with Gasteiger partial charge in [-0.1, -0.05) is 26.8 Å². The van der Waals surface area contributed by atoms with Crippen LogP contribution in [0.5, 0.6) is 0 Å². The fourth-order valence-corrected chi connectivity index (χ4v) is 1.72. The summed E-state index contributed by atoms with van der Waals surface area (Å²) in [4.78, 5) is 13.4. The van der Waals surface area contributed by atoms with Gasteiger partial charge in [0, 0.05) is 0 Å². The summed E-state index contributed by atoms with van der Waals surface area (Å²) in [5.41, 5.74) is 2.04. The Bertz CT molecular complexity index is 550. The summed E-state index contributed by atoms with van der Waals surface area (Å²) in [6.45, 7) is 6.27. The Morgan fingerprint density at radius 2 is 2.00 bits per heavy atom. The largest absolute Gasteiger partial charge is 0.355 e. The molecule has 0 saturated carbocycles. The first-order chi connectivity index (χ1) is 7.39. The van der Waals surface area contributed by atoms with Gasteiger partial charge in [-0.3, -0.25) is 10.1 Å².